The molecule has 5 aromatic rings. The van der Waals surface area contributed by atoms with Crippen molar-refractivity contribution in [3.8, 4) is 11.1 Å². The summed E-state index contributed by atoms with van der Waals surface area (Å²) < 4.78 is 0. The SMILES string of the molecule is CC(c1ccc2c(ccc3ccccc32)c1)N(O)C(=O)c1ccccc1-c1ccccc1C(Cl)Cl. The molecule has 3 nitrogen and oxygen atoms in total. The minimum absolute atomic E-state index is 0.370. The number of benzene rings is 5. The molecule has 5 aromatic carbocycles. The summed E-state index contributed by atoms with van der Waals surface area (Å²) >= 11 is 12.4. The highest BCUT2D eigenvalue weighted by Gasteiger charge is 2.25. The highest BCUT2D eigenvalue weighted by atomic mass is 35.5. The van der Waals surface area contributed by atoms with Gasteiger partial charge in [0, 0.05) is 5.56 Å². The number of rotatable bonds is 5. The van der Waals surface area contributed by atoms with Crippen LogP contribution < -0.4 is 0 Å². The topological polar surface area (TPSA) is 40.5 Å². The Morgan fingerprint density at radius 1 is 0.743 bits per heavy atom. The average molecular weight is 500 g/mol. The summed E-state index contributed by atoms with van der Waals surface area (Å²) in [6.07, 6.45) is 0. The van der Waals surface area contributed by atoms with Crippen molar-refractivity contribution in [1.29, 1.82) is 0 Å². The molecule has 0 saturated heterocycles. The highest BCUT2D eigenvalue weighted by molar-refractivity contribution is 6.44. The van der Waals surface area contributed by atoms with E-state index in [1.165, 1.54) is 10.8 Å². The van der Waals surface area contributed by atoms with Crippen molar-refractivity contribution in [2.24, 2.45) is 0 Å². The van der Waals surface area contributed by atoms with Crippen LogP contribution in [0.5, 0.6) is 0 Å². The van der Waals surface area contributed by atoms with Crippen LogP contribution in [-0.2, 0) is 0 Å². The summed E-state index contributed by atoms with van der Waals surface area (Å²) in [5, 5.41) is 16.3. The van der Waals surface area contributed by atoms with E-state index in [-0.39, 0.29) is 0 Å². The van der Waals surface area contributed by atoms with Crippen molar-refractivity contribution in [1.82, 2.24) is 5.06 Å². The molecule has 0 fully saturated rings. The molecule has 174 valence electrons. The van der Waals surface area contributed by atoms with Crippen molar-refractivity contribution in [3.63, 3.8) is 0 Å². The van der Waals surface area contributed by atoms with Gasteiger partial charge in [0.1, 0.15) is 4.84 Å². The van der Waals surface area contributed by atoms with Gasteiger partial charge < -0.3 is 0 Å². The van der Waals surface area contributed by atoms with Gasteiger partial charge in [-0.2, -0.15) is 0 Å². The molecular weight excluding hydrogens is 477 g/mol. The first-order valence-electron chi connectivity index (χ1n) is 11.4. The first-order chi connectivity index (χ1) is 17.0. The van der Waals surface area contributed by atoms with Gasteiger partial charge in [-0.3, -0.25) is 10.0 Å². The molecule has 1 unspecified atom stereocenters. The maximum atomic E-state index is 13.5. The number of nitrogens with zero attached hydrogens (tertiary/aromatic N) is 1. The van der Waals surface area contributed by atoms with Crippen LogP contribution in [0.15, 0.2) is 103 Å². The molecule has 0 saturated carbocycles. The smallest absolute Gasteiger partial charge is 0.278 e. The van der Waals surface area contributed by atoms with Crippen molar-refractivity contribution < 1.29 is 10.0 Å². The second-order valence-corrected chi connectivity index (χ2v) is 9.62. The van der Waals surface area contributed by atoms with Crippen molar-refractivity contribution in [2.45, 2.75) is 17.8 Å². The lowest BCUT2D eigenvalue weighted by atomic mass is 9.94. The molecule has 0 bridgehead atoms. The van der Waals surface area contributed by atoms with Crippen LogP contribution in [0.4, 0.5) is 0 Å². The average Bonchev–Trinajstić information content (AvgIpc) is 2.91. The zero-order chi connectivity index (χ0) is 24.5. The lowest BCUT2D eigenvalue weighted by Gasteiger charge is -2.25. The third kappa shape index (κ3) is 4.39. The van der Waals surface area contributed by atoms with E-state index < -0.39 is 16.8 Å². The predicted molar refractivity (Wildman–Crippen MR) is 144 cm³/mol. The molecule has 5 rings (SSSR count). The number of fused-ring (bicyclic) bond motifs is 3. The number of halogens is 2. The van der Waals surface area contributed by atoms with Crippen LogP contribution in [0.1, 0.15) is 39.3 Å². The largest absolute Gasteiger partial charge is 0.285 e. The van der Waals surface area contributed by atoms with Gasteiger partial charge in [-0.1, -0.05) is 91.0 Å². The third-order valence-corrected chi connectivity index (χ3v) is 6.94. The maximum Gasteiger partial charge on any atom is 0.278 e. The van der Waals surface area contributed by atoms with E-state index in [0.29, 0.717) is 16.7 Å². The van der Waals surface area contributed by atoms with Gasteiger partial charge >= 0.3 is 0 Å². The Kier molecular flexibility index (Phi) is 6.48. The molecule has 0 heterocycles. The molecule has 1 amide bonds. The zero-order valence-corrected chi connectivity index (χ0v) is 20.5. The summed E-state index contributed by atoms with van der Waals surface area (Å²) in [6, 6.07) is 32.5. The molecule has 1 N–H and O–H groups in total. The number of hydrogen-bond acceptors (Lipinski definition) is 2. The molecule has 0 aromatic heterocycles. The fraction of sp³-hybridized carbons (Fsp3) is 0.100. The summed E-state index contributed by atoms with van der Waals surface area (Å²) in [5.74, 6) is -0.498. The van der Waals surface area contributed by atoms with Crippen LogP contribution in [0.3, 0.4) is 0 Å². The second kappa shape index (κ2) is 9.71. The van der Waals surface area contributed by atoms with Crippen molar-refractivity contribution in [2.75, 3.05) is 0 Å². The van der Waals surface area contributed by atoms with Gasteiger partial charge in [0.05, 0.1) is 6.04 Å². The van der Waals surface area contributed by atoms with Crippen LogP contribution in [0, 0.1) is 0 Å². The first-order valence-corrected chi connectivity index (χ1v) is 12.2. The quantitative estimate of drug-likeness (QED) is 0.113. The fourth-order valence-corrected chi connectivity index (χ4v) is 4.95. The summed E-state index contributed by atoms with van der Waals surface area (Å²) in [7, 11) is 0. The van der Waals surface area contributed by atoms with Gasteiger partial charge in [-0.15, -0.1) is 23.2 Å². The Bertz CT molecular complexity index is 1550. The van der Waals surface area contributed by atoms with Crippen LogP contribution in [-0.4, -0.2) is 16.2 Å². The molecule has 0 aliphatic rings. The first kappa shape index (κ1) is 23.4. The van der Waals surface area contributed by atoms with E-state index in [1.54, 1.807) is 12.1 Å². The summed E-state index contributed by atoms with van der Waals surface area (Å²) in [4.78, 5) is 12.7. The van der Waals surface area contributed by atoms with Crippen LogP contribution in [0.2, 0.25) is 0 Å². The normalized spacial score (nSPS) is 12.3. The van der Waals surface area contributed by atoms with E-state index >= 15 is 0 Å². The van der Waals surface area contributed by atoms with Crippen LogP contribution in [0.25, 0.3) is 32.7 Å². The predicted octanol–water partition coefficient (Wildman–Crippen LogP) is 8.73. The molecule has 5 heteroatoms. The van der Waals surface area contributed by atoms with E-state index in [0.717, 1.165) is 27.0 Å². The Labute approximate surface area is 214 Å². The Morgan fingerprint density at radius 3 is 2.17 bits per heavy atom. The van der Waals surface area contributed by atoms with E-state index in [2.05, 4.69) is 24.3 Å². The molecule has 0 aliphatic carbocycles. The fourth-order valence-electron chi connectivity index (χ4n) is 4.57. The second-order valence-electron chi connectivity index (χ2n) is 8.53. The minimum atomic E-state index is -0.743. The highest BCUT2D eigenvalue weighted by Crippen LogP contribution is 2.36. The third-order valence-electron chi connectivity index (χ3n) is 6.47. The number of amides is 1. The standard InChI is InChI=1S/C30H23Cl2NO2/c1-19(21-16-17-24-22(18-21)15-14-20-8-2-3-9-23(20)24)33(35)30(34)28-13-7-5-11-26(28)25-10-4-6-12-27(25)29(31)32/h2-19,29,35H,1H3. The van der Waals surface area contributed by atoms with Gasteiger partial charge in [0.15, 0.2) is 0 Å². The number of alkyl halides is 2. The zero-order valence-electron chi connectivity index (χ0n) is 19.0. The van der Waals surface area contributed by atoms with E-state index in [1.807, 2.05) is 73.7 Å². The Balaban J connectivity index is 1.50. The molecule has 0 aliphatic heterocycles. The van der Waals surface area contributed by atoms with E-state index in [9.17, 15) is 10.0 Å². The lowest BCUT2D eigenvalue weighted by Crippen LogP contribution is -2.30. The van der Waals surface area contributed by atoms with Gasteiger partial charge in [-0.25, -0.2) is 5.06 Å². The maximum absolute atomic E-state index is 13.5. The number of carbonyl (C=O) groups is 1. The molecule has 0 radical (unpaired) electrons. The van der Waals surface area contributed by atoms with Gasteiger partial charge in [0.25, 0.3) is 5.91 Å². The van der Waals surface area contributed by atoms with E-state index in [4.69, 9.17) is 23.2 Å². The lowest BCUT2D eigenvalue weighted by molar-refractivity contribution is -0.0853. The minimum Gasteiger partial charge on any atom is -0.285 e. The van der Waals surface area contributed by atoms with Gasteiger partial charge in [-0.05, 0) is 62.9 Å². The Hall–Kier alpha value is -3.37. The summed E-state index contributed by atoms with van der Waals surface area (Å²) in [5.41, 5.74) is 3.33. The number of carbonyl (C=O) groups excluding carboxylic acids is 1. The molecule has 1 atom stereocenters. The molecule has 0 spiro atoms. The number of hydroxylamine groups is 2. The Morgan fingerprint density at radius 2 is 1.37 bits per heavy atom. The van der Waals surface area contributed by atoms with Crippen LogP contribution >= 0.6 is 23.2 Å². The monoisotopic (exact) mass is 499 g/mol. The van der Waals surface area contributed by atoms with Crippen molar-refractivity contribution >= 4 is 50.7 Å². The van der Waals surface area contributed by atoms with Crippen molar-refractivity contribution in [3.05, 3.63) is 120 Å². The number of hydrogen-bond donors (Lipinski definition) is 1. The molecular formula is C30H23Cl2NO2. The molecule has 35 heavy (non-hydrogen) atoms. The summed E-state index contributed by atoms with van der Waals surface area (Å²) in [6.45, 7) is 1.81. The van der Waals surface area contributed by atoms with Gasteiger partial charge in [0.2, 0.25) is 0 Å².